The van der Waals surface area contributed by atoms with Crippen molar-refractivity contribution >= 4 is 5.91 Å². The van der Waals surface area contributed by atoms with Gasteiger partial charge in [0.2, 0.25) is 11.8 Å². The van der Waals surface area contributed by atoms with Crippen molar-refractivity contribution in [3.05, 3.63) is 47.7 Å². The van der Waals surface area contributed by atoms with Gasteiger partial charge in [-0.25, -0.2) is 0 Å². The van der Waals surface area contributed by atoms with Gasteiger partial charge in [-0.1, -0.05) is 12.1 Å². The first kappa shape index (κ1) is 18.2. The van der Waals surface area contributed by atoms with Gasteiger partial charge in [0, 0.05) is 38.4 Å². The molecule has 1 fully saturated rings. The van der Waals surface area contributed by atoms with E-state index >= 15 is 0 Å². The van der Waals surface area contributed by atoms with Crippen molar-refractivity contribution in [3.63, 3.8) is 0 Å². The molecule has 0 saturated carbocycles. The molecule has 0 bridgehead atoms. The smallest absolute Gasteiger partial charge is 0.233 e. The van der Waals surface area contributed by atoms with Crippen LogP contribution in [0.15, 0.2) is 36.4 Å². The highest BCUT2D eigenvalue weighted by Crippen LogP contribution is 2.18. The normalized spacial score (nSPS) is 14.9. The number of ether oxygens (including phenoxy) is 2. The van der Waals surface area contributed by atoms with Crippen molar-refractivity contribution < 1.29 is 14.3 Å². The van der Waals surface area contributed by atoms with Crippen molar-refractivity contribution in [2.45, 2.75) is 38.7 Å². The maximum atomic E-state index is 12.4. The van der Waals surface area contributed by atoms with Gasteiger partial charge in [0.25, 0.3) is 0 Å². The monoisotopic (exact) mass is 355 g/mol. The van der Waals surface area contributed by atoms with Gasteiger partial charge in [-0.2, -0.15) is 5.10 Å². The molecule has 1 aliphatic rings. The summed E-state index contributed by atoms with van der Waals surface area (Å²) < 4.78 is 11.0. The highest BCUT2D eigenvalue weighted by Gasteiger charge is 2.24. The average molecular weight is 355 g/mol. The second-order valence-corrected chi connectivity index (χ2v) is 6.56. The molecule has 0 atom stereocenters. The van der Waals surface area contributed by atoms with E-state index in [9.17, 15) is 4.79 Å². The summed E-state index contributed by atoms with van der Waals surface area (Å²) in [4.78, 5) is 14.4. The molecule has 0 N–H and O–H groups in total. The quantitative estimate of drug-likeness (QED) is 0.797. The Morgan fingerprint density at radius 1 is 1.12 bits per heavy atom. The largest absolute Gasteiger partial charge is 0.497 e. The molecule has 0 aliphatic carbocycles. The number of carbonyl (C=O) groups excluding carboxylic acids is 1. The third-order valence-corrected chi connectivity index (χ3v) is 4.64. The molecular formula is C20H25N3O3. The summed E-state index contributed by atoms with van der Waals surface area (Å²) >= 11 is 0. The summed E-state index contributed by atoms with van der Waals surface area (Å²) in [7, 11) is 1.65. The number of hydrogen-bond donors (Lipinski definition) is 0. The van der Waals surface area contributed by atoms with Crippen LogP contribution in [0.3, 0.4) is 0 Å². The molecule has 1 saturated heterocycles. The highest BCUT2D eigenvalue weighted by molar-refractivity contribution is 5.76. The molecule has 26 heavy (non-hydrogen) atoms. The van der Waals surface area contributed by atoms with E-state index < -0.39 is 0 Å². The minimum absolute atomic E-state index is 0.0950. The summed E-state index contributed by atoms with van der Waals surface area (Å²) in [5, 5.41) is 8.04. The van der Waals surface area contributed by atoms with Crippen molar-refractivity contribution in [3.8, 4) is 11.6 Å². The minimum Gasteiger partial charge on any atom is -0.497 e. The predicted molar refractivity (Wildman–Crippen MR) is 98.3 cm³/mol. The zero-order valence-electron chi connectivity index (χ0n) is 15.4. The molecule has 1 amide bonds. The van der Waals surface area contributed by atoms with Gasteiger partial charge in [-0.3, -0.25) is 4.79 Å². The van der Waals surface area contributed by atoms with Crippen molar-refractivity contribution in [2.24, 2.45) is 0 Å². The van der Waals surface area contributed by atoms with E-state index in [1.165, 1.54) is 0 Å². The fourth-order valence-electron chi connectivity index (χ4n) is 3.04. The zero-order chi connectivity index (χ0) is 18.4. The first-order chi connectivity index (χ1) is 12.6. The maximum absolute atomic E-state index is 12.4. The number of amides is 1. The van der Waals surface area contributed by atoms with Gasteiger partial charge in [0.1, 0.15) is 11.9 Å². The van der Waals surface area contributed by atoms with Gasteiger partial charge in [0.15, 0.2) is 0 Å². The van der Waals surface area contributed by atoms with E-state index in [2.05, 4.69) is 10.2 Å². The van der Waals surface area contributed by atoms with E-state index in [1.807, 2.05) is 48.2 Å². The summed E-state index contributed by atoms with van der Waals surface area (Å²) in [5.41, 5.74) is 2.02. The van der Waals surface area contributed by atoms with Crippen LogP contribution in [-0.4, -0.2) is 47.3 Å². The van der Waals surface area contributed by atoms with Crippen LogP contribution in [-0.2, 0) is 11.2 Å². The molecule has 3 rings (SSSR count). The van der Waals surface area contributed by atoms with Gasteiger partial charge in [0.05, 0.1) is 12.8 Å². The lowest BCUT2D eigenvalue weighted by Gasteiger charge is -2.32. The Morgan fingerprint density at radius 2 is 1.85 bits per heavy atom. The molecule has 2 aromatic rings. The lowest BCUT2D eigenvalue weighted by molar-refractivity contribution is -0.132. The molecule has 1 aliphatic heterocycles. The molecule has 0 spiro atoms. The average Bonchev–Trinajstić information content (AvgIpc) is 2.69. The standard InChI is InChI=1S/C20H25N3O3/c1-15-3-9-19(22-21-15)26-18-11-13-23(14-12-18)20(24)10-6-16-4-7-17(25-2)8-5-16/h3-5,7-9,18H,6,10-14H2,1-2H3. The number of likely N-dealkylation sites (tertiary alicyclic amines) is 1. The maximum Gasteiger partial charge on any atom is 0.233 e. The third-order valence-electron chi connectivity index (χ3n) is 4.64. The lowest BCUT2D eigenvalue weighted by Crippen LogP contribution is -2.41. The number of methoxy groups -OCH3 is 1. The van der Waals surface area contributed by atoms with Gasteiger partial charge in [-0.15, -0.1) is 5.10 Å². The molecule has 0 unspecified atom stereocenters. The number of hydrogen-bond acceptors (Lipinski definition) is 5. The van der Waals surface area contributed by atoms with Gasteiger partial charge >= 0.3 is 0 Å². The van der Waals surface area contributed by atoms with Gasteiger partial charge in [-0.05, 0) is 37.1 Å². The van der Waals surface area contributed by atoms with E-state index in [0.717, 1.165) is 49.4 Å². The third kappa shape index (κ3) is 4.94. The topological polar surface area (TPSA) is 64.5 Å². The van der Waals surface area contributed by atoms with Crippen LogP contribution in [0.25, 0.3) is 0 Å². The number of benzene rings is 1. The van der Waals surface area contributed by atoms with Crippen molar-refractivity contribution in [2.75, 3.05) is 20.2 Å². The molecule has 6 nitrogen and oxygen atoms in total. The molecule has 2 heterocycles. The molecule has 1 aromatic heterocycles. The van der Waals surface area contributed by atoms with E-state index in [-0.39, 0.29) is 12.0 Å². The fourth-order valence-corrected chi connectivity index (χ4v) is 3.04. The SMILES string of the molecule is COc1ccc(CCC(=O)N2CCC(Oc3ccc(C)nn3)CC2)cc1. The predicted octanol–water partition coefficient (Wildman–Crippen LogP) is 2.80. The summed E-state index contributed by atoms with van der Waals surface area (Å²) in [5.74, 6) is 1.59. The Labute approximate surface area is 154 Å². The van der Waals surface area contributed by atoms with Crippen molar-refractivity contribution in [1.29, 1.82) is 0 Å². The highest BCUT2D eigenvalue weighted by atomic mass is 16.5. The summed E-state index contributed by atoms with van der Waals surface area (Å²) in [6.45, 7) is 3.35. The van der Waals surface area contributed by atoms with E-state index in [0.29, 0.717) is 12.3 Å². The molecule has 1 aromatic carbocycles. The number of piperidine rings is 1. The molecular weight excluding hydrogens is 330 g/mol. The Bertz CT molecular complexity index is 708. The number of aryl methyl sites for hydroxylation is 2. The summed E-state index contributed by atoms with van der Waals surface area (Å²) in [6.07, 6.45) is 3.02. The lowest BCUT2D eigenvalue weighted by atomic mass is 10.1. The zero-order valence-corrected chi connectivity index (χ0v) is 15.4. The van der Waals surface area contributed by atoms with Crippen LogP contribution in [0.5, 0.6) is 11.6 Å². The van der Waals surface area contributed by atoms with Crippen LogP contribution in [0.2, 0.25) is 0 Å². The van der Waals surface area contributed by atoms with Crippen LogP contribution in [0, 0.1) is 6.92 Å². The second-order valence-electron chi connectivity index (χ2n) is 6.56. The summed E-state index contributed by atoms with van der Waals surface area (Å²) in [6, 6.07) is 11.6. The van der Waals surface area contributed by atoms with Crippen LogP contribution in [0.4, 0.5) is 0 Å². The first-order valence-corrected chi connectivity index (χ1v) is 9.02. The fraction of sp³-hybridized carbons (Fsp3) is 0.450. The molecule has 138 valence electrons. The number of nitrogens with zero attached hydrogens (tertiary/aromatic N) is 3. The Kier molecular flexibility index (Phi) is 6.04. The molecule has 0 radical (unpaired) electrons. The van der Waals surface area contributed by atoms with Crippen LogP contribution >= 0.6 is 0 Å². The Morgan fingerprint density at radius 3 is 2.46 bits per heavy atom. The van der Waals surface area contributed by atoms with Crippen LogP contribution < -0.4 is 9.47 Å². The minimum atomic E-state index is 0.0950. The Hall–Kier alpha value is -2.63. The second kappa shape index (κ2) is 8.65. The first-order valence-electron chi connectivity index (χ1n) is 9.02. The van der Waals surface area contributed by atoms with E-state index in [4.69, 9.17) is 9.47 Å². The number of carbonyl (C=O) groups is 1. The number of rotatable bonds is 6. The number of aromatic nitrogens is 2. The van der Waals surface area contributed by atoms with Crippen molar-refractivity contribution in [1.82, 2.24) is 15.1 Å². The Balaban J connectivity index is 1.42. The van der Waals surface area contributed by atoms with Crippen LogP contribution in [0.1, 0.15) is 30.5 Å². The van der Waals surface area contributed by atoms with E-state index in [1.54, 1.807) is 7.11 Å². The van der Waals surface area contributed by atoms with Gasteiger partial charge < -0.3 is 14.4 Å². The molecule has 6 heteroatoms.